The van der Waals surface area contributed by atoms with Crippen molar-refractivity contribution in [2.24, 2.45) is 0 Å². The number of hydrogen-bond donors (Lipinski definition) is 3. The van der Waals surface area contributed by atoms with Crippen LogP contribution in [-0.4, -0.2) is 57.5 Å². The van der Waals surface area contributed by atoms with Crippen LogP contribution >= 0.6 is 0 Å². The lowest BCUT2D eigenvalue weighted by Crippen LogP contribution is -2.48. The molecule has 0 saturated carbocycles. The fourth-order valence-electron chi connectivity index (χ4n) is 3.94. The molecule has 1 amide bonds. The summed E-state index contributed by atoms with van der Waals surface area (Å²) in [6.45, 7) is -0.250. The minimum atomic E-state index is -0.250. The van der Waals surface area contributed by atoms with Crippen molar-refractivity contribution in [2.75, 3.05) is 7.05 Å². The molecule has 3 N–H and O–H groups in total. The smallest absolute Gasteiger partial charge is 0.290 e. The first-order valence-electron chi connectivity index (χ1n) is 8.16. The number of pyridine rings is 1. The van der Waals surface area contributed by atoms with E-state index in [1.807, 2.05) is 12.1 Å². The van der Waals surface area contributed by atoms with E-state index in [-0.39, 0.29) is 12.4 Å². The molecule has 0 aliphatic carbocycles. The van der Waals surface area contributed by atoms with Crippen LogP contribution in [0.15, 0.2) is 24.5 Å². The van der Waals surface area contributed by atoms with Gasteiger partial charge in [0.05, 0.1) is 5.56 Å². The third-order valence-corrected chi connectivity index (χ3v) is 5.13. The van der Waals surface area contributed by atoms with Crippen LogP contribution in [0.25, 0.3) is 11.0 Å². The molecule has 3 atom stereocenters. The second kappa shape index (κ2) is 7.00. The number of carbonyl (C=O) groups is 2. The number of carbonyl (C=O) groups excluding carboxylic acids is 1. The van der Waals surface area contributed by atoms with Crippen molar-refractivity contribution in [2.45, 2.75) is 43.8 Å². The number of aromatic nitrogens is 2. The first-order chi connectivity index (χ1) is 11.6. The third-order valence-electron chi connectivity index (χ3n) is 5.13. The van der Waals surface area contributed by atoms with Gasteiger partial charge in [0.15, 0.2) is 0 Å². The number of nitrogens with one attached hydrogen (secondary N) is 2. The standard InChI is InChI=1S/C16H20N4O.CH2O2/c1-20-11-4-5-12(20)8-10(7-11)19-16(21)14-9-18-15-13(14)3-2-6-17-15;2-1-3/h2-3,6,9-12H,4-5,7-8H2,1H3,(H,17,18)(H,19,21);1H,(H,2,3)/t10?,11-,12+;. The number of rotatable bonds is 2. The Morgan fingerprint density at radius 1 is 1.42 bits per heavy atom. The summed E-state index contributed by atoms with van der Waals surface area (Å²) in [6, 6.07) is 5.37. The molecule has 128 valence electrons. The Hall–Kier alpha value is -2.41. The quantitative estimate of drug-likeness (QED) is 0.727. The van der Waals surface area contributed by atoms with E-state index in [0.29, 0.717) is 23.7 Å². The SMILES string of the molecule is CN1[C@@H]2CC[C@H]1CC(NC(=O)c1c[nH]c3ncccc13)C2.O=CO. The molecular formula is C17H22N4O3. The summed E-state index contributed by atoms with van der Waals surface area (Å²) < 4.78 is 0. The van der Waals surface area contributed by atoms with Gasteiger partial charge in [0.2, 0.25) is 0 Å². The van der Waals surface area contributed by atoms with Crippen molar-refractivity contribution >= 4 is 23.4 Å². The van der Waals surface area contributed by atoms with Crippen LogP contribution in [-0.2, 0) is 4.79 Å². The van der Waals surface area contributed by atoms with Crippen LogP contribution in [0.1, 0.15) is 36.0 Å². The zero-order chi connectivity index (χ0) is 17.1. The Balaban J connectivity index is 0.000000526. The van der Waals surface area contributed by atoms with E-state index in [9.17, 15) is 4.79 Å². The van der Waals surface area contributed by atoms with E-state index in [4.69, 9.17) is 9.90 Å². The molecule has 2 fully saturated rings. The minimum Gasteiger partial charge on any atom is -0.483 e. The molecule has 1 unspecified atom stereocenters. The number of nitrogens with zero attached hydrogens (tertiary/aromatic N) is 2. The topological polar surface area (TPSA) is 98.3 Å². The summed E-state index contributed by atoms with van der Waals surface area (Å²) in [7, 11) is 2.21. The molecule has 0 radical (unpaired) electrons. The van der Waals surface area contributed by atoms with Gasteiger partial charge in [-0.15, -0.1) is 0 Å². The van der Waals surface area contributed by atoms with Gasteiger partial charge in [0.25, 0.3) is 12.4 Å². The van der Waals surface area contributed by atoms with E-state index in [0.717, 1.165) is 23.9 Å². The lowest BCUT2D eigenvalue weighted by molar-refractivity contribution is -0.122. The van der Waals surface area contributed by atoms with Crippen LogP contribution in [0.3, 0.4) is 0 Å². The van der Waals surface area contributed by atoms with Crippen molar-refractivity contribution in [3.8, 4) is 0 Å². The molecule has 2 saturated heterocycles. The highest BCUT2D eigenvalue weighted by molar-refractivity contribution is 6.05. The normalized spacial score (nSPS) is 25.8. The average Bonchev–Trinajstić information content (AvgIpc) is 3.07. The number of hydrogen-bond acceptors (Lipinski definition) is 4. The van der Waals surface area contributed by atoms with Gasteiger partial charge in [0.1, 0.15) is 5.65 Å². The molecule has 0 spiro atoms. The van der Waals surface area contributed by atoms with Crippen molar-refractivity contribution < 1.29 is 14.7 Å². The molecule has 2 bridgehead atoms. The number of fused-ring (bicyclic) bond motifs is 3. The second-order valence-corrected chi connectivity index (χ2v) is 6.40. The Labute approximate surface area is 140 Å². The Kier molecular flexibility index (Phi) is 4.80. The van der Waals surface area contributed by atoms with Gasteiger partial charge in [0, 0.05) is 35.9 Å². The summed E-state index contributed by atoms with van der Waals surface area (Å²) >= 11 is 0. The first kappa shape index (κ1) is 16.4. The lowest BCUT2D eigenvalue weighted by atomic mass is 9.97. The third kappa shape index (κ3) is 3.12. The molecule has 4 heterocycles. The highest BCUT2D eigenvalue weighted by Crippen LogP contribution is 2.34. The molecular weight excluding hydrogens is 308 g/mol. The van der Waals surface area contributed by atoms with Crippen LogP contribution in [0.4, 0.5) is 0 Å². The van der Waals surface area contributed by atoms with Crippen LogP contribution in [0.5, 0.6) is 0 Å². The molecule has 2 aromatic rings. The maximum Gasteiger partial charge on any atom is 0.290 e. The molecule has 7 nitrogen and oxygen atoms in total. The van der Waals surface area contributed by atoms with Gasteiger partial charge in [-0.2, -0.15) is 0 Å². The average molecular weight is 330 g/mol. The predicted octanol–water partition coefficient (Wildman–Crippen LogP) is 1.62. The zero-order valence-electron chi connectivity index (χ0n) is 13.6. The lowest BCUT2D eigenvalue weighted by Gasteiger charge is -2.36. The van der Waals surface area contributed by atoms with E-state index in [2.05, 4.69) is 27.2 Å². The summed E-state index contributed by atoms with van der Waals surface area (Å²) in [5, 5.41) is 11.0. The van der Waals surface area contributed by atoms with Crippen molar-refractivity contribution in [1.82, 2.24) is 20.2 Å². The zero-order valence-corrected chi connectivity index (χ0v) is 13.6. The fourth-order valence-corrected chi connectivity index (χ4v) is 3.94. The van der Waals surface area contributed by atoms with Gasteiger partial charge in [-0.25, -0.2) is 4.98 Å². The van der Waals surface area contributed by atoms with E-state index >= 15 is 0 Å². The molecule has 2 aliphatic rings. The Bertz CT molecular complexity index is 715. The molecule has 4 rings (SSSR count). The maximum atomic E-state index is 12.5. The van der Waals surface area contributed by atoms with Crippen molar-refractivity contribution in [3.63, 3.8) is 0 Å². The number of carboxylic acid groups (broad SMARTS) is 1. The first-order valence-corrected chi connectivity index (χ1v) is 8.16. The molecule has 0 aromatic carbocycles. The van der Waals surface area contributed by atoms with E-state index < -0.39 is 0 Å². The summed E-state index contributed by atoms with van der Waals surface area (Å²) in [5.74, 6) is 0.0169. The summed E-state index contributed by atoms with van der Waals surface area (Å²) in [6.07, 6.45) is 8.17. The highest BCUT2D eigenvalue weighted by atomic mass is 16.3. The van der Waals surface area contributed by atoms with Gasteiger partial charge < -0.3 is 20.3 Å². The predicted molar refractivity (Wildman–Crippen MR) is 89.8 cm³/mol. The Morgan fingerprint density at radius 2 is 2.08 bits per heavy atom. The van der Waals surface area contributed by atoms with Gasteiger partial charge in [-0.3, -0.25) is 9.59 Å². The number of H-pyrrole nitrogens is 1. The van der Waals surface area contributed by atoms with Gasteiger partial charge in [-0.1, -0.05) is 0 Å². The van der Waals surface area contributed by atoms with E-state index in [1.54, 1.807) is 12.4 Å². The summed E-state index contributed by atoms with van der Waals surface area (Å²) in [4.78, 5) is 30.7. The minimum absolute atomic E-state index is 0.0169. The van der Waals surface area contributed by atoms with Crippen LogP contribution in [0, 0.1) is 0 Å². The molecule has 24 heavy (non-hydrogen) atoms. The van der Waals surface area contributed by atoms with Crippen LogP contribution < -0.4 is 5.32 Å². The number of aromatic amines is 1. The van der Waals surface area contributed by atoms with E-state index in [1.165, 1.54) is 12.8 Å². The molecule has 2 aromatic heterocycles. The maximum absolute atomic E-state index is 12.5. The van der Waals surface area contributed by atoms with Gasteiger partial charge >= 0.3 is 0 Å². The number of amides is 1. The second-order valence-electron chi connectivity index (χ2n) is 6.40. The van der Waals surface area contributed by atoms with Crippen LogP contribution in [0.2, 0.25) is 0 Å². The van der Waals surface area contributed by atoms with Gasteiger partial charge in [-0.05, 0) is 44.9 Å². The summed E-state index contributed by atoms with van der Waals surface area (Å²) in [5.41, 5.74) is 1.47. The largest absolute Gasteiger partial charge is 0.483 e. The molecule has 2 aliphatic heterocycles. The Morgan fingerprint density at radius 3 is 2.75 bits per heavy atom. The number of piperidine rings is 1. The highest BCUT2D eigenvalue weighted by Gasteiger charge is 2.38. The van der Waals surface area contributed by atoms with Crippen molar-refractivity contribution in [1.29, 1.82) is 0 Å². The molecule has 7 heteroatoms. The fraction of sp³-hybridized carbons (Fsp3) is 0.471. The van der Waals surface area contributed by atoms with Crippen molar-refractivity contribution in [3.05, 3.63) is 30.1 Å². The monoisotopic (exact) mass is 330 g/mol.